The average Bonchev–Trinajstić information content (AvgIpc) is 2.70. The monoisotopic (exact) mass is 366 g/mol. The van der Waals surface area contributed by atoms with Crippen LogP contribution in [-0.4, -0.2) is 0 Å². The van der Waals surface area contributed by atoms with Gasteiger partial charge in [-0.1, -0.05) is 48.5 Å². The van der Waals surface area contributed by atoms with E-state index in [0.29, 0.717) is 11.4 Å². The molecule has 4 heteroatoms. The Bertz CT molecular complexity index is 1110. The van der Waals surface area contributed by atoms with Crippen LogP contribution in [0, 0.1) is 0 Å². The van der Waals surface area contributed by atoms with Crippen molar-refractivity contribution in [3.05, 3.63) is 84.9 Å². The molecule has 0 aromatic heterocycles. The summed E-state index contributed by atoms with van der Waals surface area (Å²) < 4.78 is 0. The number of nitrogens with two attached hydrogens (primary N) is 4. The maximum absolute atomic E-state index is 6.70. The lowest BCUT2D eigenvalue weighted by molar-refractivity contribution is 1.55. The van der Waals surface area contributed by atoms with E-state index >= 15 is 0 Å². The Hall–Kier alpha value is -3.92. The molecule has 0 aliphatic carbocycles. The van der Waals surface area contributed by atoms with Gasteiger partial charge in [0.25, 0.3) is 0 Å². The molecular formula is C24H22N4. The normalized spacial score (nSPS) is 10.7. The summed E-state index contributed by atoms with van der Waals surface area (Å²) >= 11 is 0. The molecule has 0 saturated heterocycles. The molecule has 0 aliphatic rings. The van der Waals surface area contributed by atoms with Gasteiger partial charge in [-0.15, -0.1) is 0 Å². The molecule has 4 aromatic carbocycles. The largest absolute Gasteiger partial charge is 0.399 e. The van der Waals surface area contributed by atoms with Crippen molar-refractivity contribution in [2.75, 3.05) is 22.9 Å². The number of rotatable bonds is 3. The van der Waals surface area contributed by atoms with Gasteiger partial charge in [-0.05, 0) is 58.7 Å². The van der Waals surface area contributed by atoms with E-state index in [4.69, 9.17) is 22.9 Å². The summed E-state index contributed by atoms with van der Waals surface area (Å²) in [4.78, 5) is 0. The first-order chi connectivity index (χ1) is 13.5. The van der Waals surface area contributed by atoms with Gasteiger partial charge in [0.2, 0.25) is 0 Å². The van der Waals surface area contributed by atoms with Crippen molar-refractivity contribution in [1.29, 1.82) is 0 Å². The summed E-state index contributed by atoms with van der Waals surface area (Å²) in [5.74, 6) is 0. The first-order valence-electron chi connectivity index (χ1n) is 9.03. The molecule has 4 rings (SSSR count). The van der Waals surface area contributed by atoms with Gasteiger partial charge in [-0.2, -0.15) is 0 Å². The first kappa shape index (κ1) is 17.5. The summed E-state index contributed by atoms with van der Waals surface area (Å²) in [6.45, 7) is 0. The predicted octanol–water partition coefficient (Wildman–Crippen LogP) is 5.02. The van der Waals surface area contributed by atoms with E-state index in [0.717, 1.165) is 44.8 Å². The van der Waals surface area contributed by atoms with Crippen LogP contribution in [0.5, 0.6) is 0 Å². The molecule has 0 radical (unpaired) electrons. The van der Waals surface area contributed by atoms with Crippen LogP contribution in [0.1, 0.15) is 0 Å². The maximum atomic E-state index is 6.70. The van der Waals surface area contributed by atoms with Gasteiger partial charge in [0.1, 0.15) is 0 Å². The maximum Gasteiger partial charge on any atom is 0.0479 e. The quantitative estimate of drug-likeness (QED) is 0.382. The van der Waals surface area contributed by atoms with Crippen molar-refractivity contribution in [3.63, 3.8) is 0 Å². The second-order valence-corrected chi connectivity index (χ2v) is 6.82. The molecule has 4 nitrogen and oxygen atoms in total. The fourth-order valence-electron chi connectivity index (χ4n) is 3.40. The highest BCUT2D eigenvalue weighted by molar-refractivity contribution is 5.98. The average molecular weight is 366 g/mol. The summed E-state index contributed by atoms with van der Waals surface area (Å²) in [6, 6.07) is 27.4. The Kier molecular flexibility index (Phi) is 4.38. The van der Waals surface area contributed by atoms with E-state index in [2.05, 4.69) is 6.07 Å². The second kappa shape index (κ2) is 7.00. The van der Waals surface area contributed by atoms with Crippen molar-refractivity contribution in [3.8, 4) is 33.4 Å². The Labute approximate surface area is 164 Å². The van der Waals surface area contributed by atoms with Crippen molar-refractivity contribution >= 4 is 22.7 Å². The zero-order chi connectivity index (χ0) is 19.7. The molecule has 8 N–H and O–H groups in total. The van der Waals surface area contributed by atoms with Gasteiger partial charge in [0.15, 0.2) is 0 Å². The lowest BCUT2D eigenvalue weighted by Gasteiger charge is -2.17. The summed E-state index contributed by atoms with van der Waals surface area (Å²) in [5.41, 5.74) is 33.2. The third-order valence-corrected chi connectivity index (χ3v) is 4.89. The van der Waals surface area contributed by atoms with E-state index < -0.39 is 0 Å². The molecule has 0 spiro atoms. The van der Waals surface area contributed by atoms with Gasteiger partial charge >= 0.3 is 0 Å². The highest BCUT2D eigenvalue weighted by atomic mass is 14.6. The molecule has 28 heavy (non-hydrogen) atoms. The van der Waals surface area contributed by atoms with Crippen LogP contribution in [0.15, 0.2) is 84.9 Å². The lowest BCUT2D eigenvalue weighted by atomic mass is 9.89. The third kappa shape index (κ3) is 3.23. The van der Waals surface area contributed by atoms with Crippen LogP contribution < -0.4 is 22.9 Å². The summed E-state index contributed by atoms with van der Waals surface area (Å²) in [5, 5.41) is 0. The number of hydrogen-bond acceptors (Lipinski definition) is 4. The molecule has 0 aliphatic heterocycles. The second-order valence-electron chi connectivity index (χ2n) is 6.82. The van der Waals surface area contributed by atoms with Crippen molar-refractivity contribution in [2.24, 2.45) is 0 Å². The minimum atomic E-state index is 0.712. The summed E-state index contributed by atoms with van der Waals surface area (Å²) in [7, 11) is 0. The number of hydrogen-bond donors (Lipinski definition) is 4. The minimum absolute atomic E-state index is 0.712. The van der Waals surface area contributed by atoms with Crippen LogP contribution in [0.25, 0.3) is 33.4 Å². The van der Waals surface area contributed by atoms with Crippen LogP contribution in [-0.2, 0) is 0 Å². The van der Waals surface area contributed by atoms with E-state index in [-0.39, 0.29) is 0 Å². The Morgan fingerprint density at radius 1 is 0.357 bits per heavy atom. The van der Waals surface area contributed by atoms with Gasteiger partial charge in [0, 0.05) is 33.9 Å². The first-order valence-corrected chi connectivity index (χ1v) is 9.03. The van der Waals surface area contributed by atoms with Crippen LogP contribution in [0.4, 0.5) is 22.7 Å². The van der Waals surface area contributed by atoms with Crippen molar-refractivity contribution in [1.82, 2.24) is 0 Å². The number of anilines is 4. The van der Waals surface area contributed by atoms with Gasteiger partial charge in [-0.3, -0.25) is 0 Å². The van der Waals surface area contributed by atoms with Crippen LogP contribution >= 0.6 is 0 Å². The lowest BCUT2D eigenvalue weighted by Crippen LogP contribution is -1.98. The molecule has 4 aromatic rings. The molecule has 138 valence electrons. The Morgan fingerprint density at radius 2 is 0.714 bits per heavy atom. The molecule has 0 amide bonds. The highest BCUT2D eigenvalue weighted by Gasteiger charge is 2.15. The van der Waals surface area contributed by atoms with Crippen LogP contribution in [0.2, 0.25) is 0 Å². The molecule has 0 atom stereocenters. The zero-order valence-corrected chi connectivity index (χ0v) is 15.4. The SMILES string of the molecule is Nc1ccc(-c2ccc(-c3ccc(N)cc3)c(-c3ccc(N)cc3)c2N)cc1. The van der Waals surface area contributed by atoms with Gasteiger partial charge < -0.3 is 22.9 Å². The molecular weight excluding hydrogens is 344 g/mol. The van der Waals surface area contributed by atoms with Crippen molar-refractivity contribution < 1.29 is 0 Å². The molecule has 0 fully saturated rings. The predicted molar refractivity (Wildman–Crippen MR) is 120 cm³/mol. The number of nitrogen functional groups attached to an aromatic ring is 4. The fraction of sp³-hybridized carbons (Fsp3) is 0. The zero-order valence-electron chi connectivity index (χ0n) is 15.4. The third-order valence-electron chi connectivity index (χ3n) is 4.89. The minimum Gasteiger partial charge on any atom is -0.399 e. The van der Waals surface area contributed by atoms with Gasteiger partial charge in [0.05, 0.1) is 0 Å². The smallest absolute Gasteiger partial charge is 0.0479 e. The van der Waals surface area contributed by atoms with Gasteiger partial charge in [-0.25, -0.2) is 0 Å². The van der Waals surface area contributed by atoms with Crippen molar-refractivity contribution in [2.45, 2.75) is 0 Å². The number of benzene rings is 4. The van der Waals surface area contributed by atoms with E-state index in [1.165, 1.54) is 0 Å². The molecule has 0 saturated carbocycles. The summed E-state index contributed by atoms with van der Waals surface area (Å²) in [6.07, 6.45) is 0. The molecule has 0 bridgehead atoms. The Balaban J connectivity index is 1.96. The topological polar surface area (TPSA) is 104 Å². The van der Waals surface area contributed by atoms with E-state index in [1.54, 1.807) is 0 Å². The van der Waals surface area contributed by atoms with Crippen LogP contribution in [0.3, 0.4) is 0 Å². The molecule has 0 heterocycles. The van der Waals surface area contributed by atoms with E-state index in [1.807, 2.05) is 78.9 Å². The highest BCUT2D eigenvalue weighted by Crippen LogP contribution is 2.42. The Morgan fingerprint density at radius 3 is 1.18 bits per heavy atom. The molecule has 0 unspecified atom stereocenters. The van der Waals surface area contributed by atoms with E-state index in [9.17, 15) is 0 Å². The fourth-order valence-corrected chi connectivity index (χ4v) is 3.40. The standard InChI is InChI=1S/C24H22N4/c25-18-7-1-15(2-8-18)21-13-14-22(16-3-9-19(26)10-4-16)24(28)23(21)17-5-11-20(27)12-6-17/h1-14H,25-28H2.